The molecular formula is C10H15NO5. The number of carbonyl (C=O) groups is 1. The molecule has 0 spiro atoms. The molecule has 0 saturated carbocycles. The smallest absolute Gasteiger partial charge is 0.321 e. The third-order valence-corrected chi connectivity index (χ3v) is 2.45. The highest BCUT2D eigenvalue weighted by molar-refractivity contribution is 5.74. The molecule has 1 aromatic rings. The van der Waals surface area contributed by atoms with Gasteiger partial charge in [0.2, 0.25) is 0 Å². The molecule has 0 aliphatic carbocycles. The van der Waals surface area contributed by atoms with E-state index in [1.165, 1.54) is 0 Å². The van der Waals surface area contributed by atoms with E-state index in [-0.39, 0.29) is 16.7 Å². The average molecular weight is 229 g/mol. The summed E-state index contributed by atoms with van der Waals surface area (Å²) in [5.41, 5.74) is 1.97. The number of nitrogens with one attached hydrogen (secondary N) is 1. The predicted molar refractivity (Wildman–Crippen MR) is 57.3 cm³/mol. The lowest BCUT2D eigenvalue weighted by Gasteiger charge is -2.22. The molecule has 0 fully saturated rings. The fourth-order valence-corrected chi connectivity index (χ4v) is 1.68. The van der Waals surface area contributed by atoms with Gasteiger partial charge in [-0.05, 0) is 29.7 Å². The first kappa shape index (κ1) is 14.4. The van der Waals surface area contributed by atoms with Gasteiger partial charge in [-0.3, -0.25) is 4.79 Å². The van der Waals surface area contributed by atoms with E-state index in [4.69, 9.17) is 5.11 Å². The van der Waals surface area contributed by atoms with Crippen LogP contribution in [0.25, 0.3) is 0 Å². The van der Waals surface area contributed by atoms with Crippen molar-refractivity contribution in [3.8, 4) is 5.75 Å². The molecule has 90 valence electrons. The Morgan fingerprint density at radius 3 is 2.62 bits per heavy atom. The van der Waals surface area contributed by atoms with E-state index in [1.54, 1.807) is 18.2 Å². The lowest BCUT2D eigenvalue weighted by atomic mass is 9.96. The first-order valence-electron chi connectivity index (χ1n) is 4.44. The Balaban J connectivity index is 0.00000112. The Morgan fingerprint density at radius 2 is 2.00 bits per heavy atom. The minimum atomic E-state index is -0.830. The number of hydrogen-bond donors (Lipinski definition) is 3. The van der Waals surface area contributed by atoms with Crippen molar-refractivity contribution in [2.45, 2.75) is 19.0 Å². The second kappa shape index (κ2) is 5.45. The molecule has 6 nitrogen and oxygen atoms in total. The Bertz CT molecular complexity index is 379. The summed E-state index contributed by atoms with van der Waals surface area (Å²) >= 11 is 0. The van der Waals surface area contributed by atoms with E-state index in [9.17, 15) is 9.90 Å². The van der Waals surface area contributed by atoms with Gasteiger partial charge in [0.25, 0.3) is 0 Å². The van der Waals surface area contributed by atoms with Crippen molar-refractivity contribution in [3.05, 3.63) is 29.3 Å². The van der Waals surface area contributed by atoms with Gasteiger partial charge in [-0.15, -0.1) is 0 Å². The Hall–Kier alpha value is -1.63. The summed E-state index contributed by atoms with van der Waals surface area (Å²) in [5.74, 6) is -0.608. The highest BCUT2D eigenvalue weighted by Crippen LogP contribution is 2.21. The van der Waals surface area contributed by atoms with Crippen LogP contribution in [0.4, 0.5) is 0 Å². The van der Waals surface area contributed by atoms with E-state index in [0.717, 1.165) is 11.1 Å². The normalized spacial score (nSPS) is 17.6. The molecule has 0 radical (unpaired) electrons. The van der Waals surface area contributed by atoms with Crippen LogP contribution in [0.2, 0.25) is 0 Å². The quantitative estimate of drug-likeness (QED) is 0.560. The van der Waals surface area contributed by atoms with Crippen molar-refractivity contribution >= 4 is 5.97 Å². The van der Waals surface area contributed by atoms with Crippen molar-refractivity contribution < 1.29 is 26.0 Å². The maximum atomic E-state index is 10.7. The molecule has 1 heterocycles. The highest BCUT2D eigenvalue weighted by atomic mass is 16.4. The van der Waals surface area contributed by atoms with Crippen LogP contribution in [0.15, 0.2) is 18.2 Å². The third-order valence-electron chi connectivity index (χ3n) is 2.45. The Morgan fingerprint density at radius 1 is 1.31 bits per heavy atom. The molecule has 16 heavy (non-hydrogen) atoms. The lowest BCUT2D eigenvalue weighted by molar-refractivity contribution is -0.139. The monoisotopic (exact) mass is 229 g/mol. The number of carboxylic acids is 1. The Labute approximate surface area is 92.1 Å². The maximum Gasteiger partial charge on any atom is 0.321 e. The van der Waals surface area contributed by atoms with E-state index < -0.39 is 12.0 Å². The number of phenolic OH excluding ortho intramolecular Hbond substituents is 1. The van der Waals surface area contributed by atoms with Gasteiger partial charge in [0.05, 0.1) is 0 Å². The number of aromatic hydroxyl groups is 1. The second-order valence-corrected chi connectivity index (χ2v) is 3.43. The van der Waals surface area contributed by atoms with Crippen molar-refractivity contribution in [1.82, 2.24) is 5.32 Å². The zero-order valence-electron chi connectivity index (χ0n) is 8.53. The molecular weight excluding hydrogens is 214 g/mol. The number of benzene rings is 1. The number of aliphatic carboxylic acids is 1. The van der Waals surface area contributed by atoms with Crippen molar-refractivity contribution in [1.29, 1.82) is 0 Å². The molecule has 0 unspecified atom stereocenters. The molecule has 1 atom stereocenters. The van der Waals surface area contributed by atoms with Crippen LogP contribution in [0, 0.1) is 0 Å². The van der Waals surface area contributed by atoms with E-state index in [0.29, 0.717) is 13.0 Å². The molecule has 1 aromatic carbocycles. The van der Waals surface area contributed by atoms with Crippen LogP contribution in [0.1, 0.15) is 11.1 Å². The van der Waals surface area contributed by atoms with Crippen LogP contribution < -0.4 is 5.32 Å². The SMILES string of the molecule is O.O.O=C(O)[C@@H]1Cc2ccc(O)cc2CN1. The molecule has 6 heteroatoms. The number of carboxylic acid groups (broad SMARTS) is 1. The molecule has 1 aliphatic rings. The standard InChI is InChI=1S/C10H11NO3.2H2O/c12-8-2-1-6-4-9(10(13)14)11-5-7(6)3-8;;/h1-3,9,11-12H,4-5H2,(H,13,14);2*1H2/t9-;;/m0../s1. The minimum Gasteiger partial charge on any atom is -0.508 e. The summed E-state index contributed by atoms with van der Waals surface area (Å²) in [7, 11) is 0. The number of rotatable bonds is 1. The summed E-state index contributed by atoms with van der Waals surface area (Å²) in [6.07, 6.45) is 0.477. The summed E-state index contributed by atoms with van der Waals surface area (Å²) in [5, 5.41) is 20.9. The first-order valence-corrected chi connectivity index (χ1v) is 4.44. The Kier molecular flexibility index (Phi) is 4.90. The van der Waals surface area contributed by atoms with Gasteiger partial charge >= 0.3 is 5.97 Å². The molecule has 1 aliphatic heterocycles. The average Bonchev–Trinajstić information content (AvgIpc) is 2.16. The van der Waals surface area contributed by atoms with E-state index in [2.05, 4.69) is 5.32 Å². The fourth-order valence-electron chi connectivity index (χ4n) is 1.68. The molecule has 2 rings (SSSR count). The summed E-state index contributed by atoms with van der Waals surface area (Å²) < 4.78 is 0. The van der Waals surface area contributed by atoms with E-state index >= 15 is 0 Å². The van der Waals surface area contributed by atoms with Crippen molar-refractivity contribution in [3.63, 3.8) is 0 Å². The summed E-state index contributed by atoms with van der Waals surface area (Å²) in [6, 6.07) is 4.53. The molecule has 0 bridgehead atoms. The van der Waals surface area contributed by atoms with Gasteiger partial charge in [-0.25, -0.2) is 0 Å². The molecule has 0 saturated heterocycles. The predicted octanol–water partition coefficient (Wildman–Crippen LogP) is -1.16. The third kappa shape index (κ3) is 2.69. The molecule has 7 N–H and O–H groups in total. The van der Waals surface area contributed by atoms with Gasteiger partial charge in [-0.1, -0.05) is 6.07 Å². The van der Waals surface area contributed by atoms with Crippen LogP contribution in [-0.4, -0.2) is 33.2 Å². The van der Waals surface area contributed by atoms with Crippen LogP contribution in [0.5, 0.6) is 5.75 Å². The first-order chi connectivity index (χ1) is 6.66. The van der Waals surface area contributed by atoms with Crippen LogP contribution >= 0.6 is 0 Å². The zero-order valence-corrected chi connectivity index (χ0v) is 8.53. The maximum absolute atomic E-state index is 10.7. The minimum absolute atomic E-state index is 0. The summed E-state index contributed by atoms with van der Waals surface area (Å²) in [4.78, 5) is 10.7. The second-order valence-electron chi connectivity index (χ2n) is 3.43. The highest BCUT2D eigenvalue weighted by Gasteiger charge is 2.23. The van der Waals surface area contributed by atoms with Gasteiger partial charge in [0, 0.05) is 6.54 Å². The van der Waals surface area contributed by atoms with Gasteiger partial charge in [-0.2, -0.15) is 0 Å². The number of phenols is 1. The topological polar surface area (TPSA) is 133 Å². The lowest BCUT2D eigenvalue weighted by Crippen LogP contribution is -2.41. The van der Waals surface area contributed by atoms with Gasteiger partial charge in [0.15, 0.2) is 0 Å². The van der Waals surface area contributed by atoms with Gasteiger partial charge in [0.1, 0.15) is 11.8 Å². The van der Waals surface area contributed by atoms with Gasteiger partial charge < -0.3 is 26.5 Å². The zero-order chi connectivity index (χ0) is 10.1. The number of fused-ring (bicyclic) bond motifs is 1. The number of hydrogen-bond acceptors (Lipinski definition) is 3. The van der Waals surface area contributed by atoms with Crippen molar-refractivity contribution in [2.75, 3.05) is 0 Å². The summed E-state index contributed by atoms with van der Waals surface area (Å²) in [6.45, 7) is 0.501. The van der Waals surface area contributed by atoms with E-state index in [1.807, 2.05) is 0 Å². The molecule has 0 aromatic heterocycles. The van der Waals surface area contributed by atoms with Crippen LogP contribution in [0.3, 0.4) is 0 Å². The molecule has 0 amide bonds. The fraction of sp³-hybridized carbons (Fsp3) is 0.300. The van der Waals surface area contributed by atoms with Crippen molar-refractivity contribution in [2.24, 2.45) is 0 Å². The van der Waals surface area contributed by atoms with Crippen LogP contribution in [-0.2, 0) is 17.8 Å². The largest absolute Gasteiger partial charge is 0.508 e.